The SMILES string of the molecule is CC(=O)OC[C@H]1O[C@@H](n2ccc(=O)[nH]c2=O)CC1O[Si](C)(C)C(C)(C)C. The highest BCUT2D eigenvalue weighted by Crippen LogP contribution is 2.40. The van der Waals surface area contributed by atoms with Gasteiger partial charge >= 0.3 is 11.7 Å². The van der Waals surface area contributed by atoms with Crippen molar-refractivity contribution in [1.29, 1.82) is 0 Å². The fourth-order valence-electron chi connectivity index (χ4n) is 2.55. The van der Waals surface area contributed by atoms with Crippen molar-refractivity contribution in [3.05, 3.63) is 33.1 Å². The molecule has 0 aliphatic carbocycles. The molecule has 1 unspecified atom stereocenters. The first-order chi connectivity index (χ1) is 11.9. The van der Waals surface area contributed by atoms with Crippen molar-refractivity contribution < 1.29 is 18.7 Å². The average molecular weight is 385 g/mol. The predicted octanol–water partition coefficient (Wildman–Crippen LogP) is 1.78. The molecule has 3 atom stereocenters. The van der Waals surface area contributed by atoms with Crippen LogP contribution in [-0.4, -0.2) is 42.7 Å². The van der Waals surface area contributed by atoms with Crippen molar-refractivity contribution in [1.82, 2.24) is 9.55 Å². The number of aromatic nitrogens is 2. The van der Waals surface area contributed by atoms with E-state index in [0.717, 1.165) is 0 Å². The highest BCUT2D eigenvalue weighted by molar-refractivity contribution is 6.74. The Balaban J connectivity index is 2.24. The molecule has 8 nitrogen and oxygen atoms in total. The van der Waals surface area contributed by atoms with E-state index in [0.29, 0.717) is 6.42 Å². The number of nitrogens with zero attached hydrogens (tertiary/aromatic N) is 1. The number of nitrogens with one attached hydrogen (secondary N) is 1. The van der Waals surface area contributed by atoms with Crippen molar-refractivity contribution in [2.75, 3.05) is 6.61 Å². The summed E-state index contributed by atoms with van der Waals surface area (Å²) in [7, 11) is -2.09. The van der Waals surface area contributed by atoms with Gasteiger partial charge in [0.2, 0.25) is 0 Å². The van der Waals surface area contributed by atoms with Crippen LogP contribution in [0.3, 0.4) is 0 Å². The zero-order valence-corrected chi connectivity index (χ0v) is 17.2. The molecule has 146 valence electrons. The summed E-state index contributed by atoms with van der Waals surface area (Å²) in [6, 6.07) is 1.27. The minimum absolute atomic E-state index is 0.00584. The molecule has 0 aromatic carbocycles. The molecular weight excluding hydrogens is 356 g/mol. The minimum Gasteiger partial charge on any atom is -0.463 e. The summed E-state index contributed by atoms with van der Waals surface area (Å²) >= 11 is 0. The molecule has 0 saturated carbocycles. The van der Waals surface area contributed by atoms with Gasteiger partial charge in [0.25, 0.3) is 5.56 Å². The normalized spacial score (nSPS) is 23.8. The number of carbonyl (C=O) groups excluding carboxylic acids is 1. The Morgan fingerprint density at radius 3 is 2.58 bits per heavy atom. The molecule has 1 aliphatic rings. The summed E-state index contributed by atoms with van der Waals surface area (Å²) in [5.41, 5.74) is -1.00. The van der Waals surface area contributed by atoms with E-state index in [4.69, 9.17) is 13.9 Å². The third-order valence-electron chi connectivity index (χ3n) is 5.04. The molecule has 1 aromatic rings. The Labute approximate surface area is 153 Å². The Morgan fingerprint density at radius 2 is 2.04 bits per heavy atom. The fraction of sp³-hybridized carbons (Fsp3) is 0.706. The van der Waals surface area contributed by atoms with Crippen molar-refractivity contribution in [2.45, 2.75) is 70.7 Å². The maximum atomic E-state index is 12.1. The van der Waals surface area contributed by atoms with Crippen LogP contribution >= 0.6 is 0 Å². The monoisotopic (exact) mass is 384 g/mol. The number of carbonyl (C=O) groups is 1. The Morgan fingerprint density at radius 1 is 1.38 bits per heavy atom. The molecule has 26 heavy (non-hydrogen) atoms. The van der Waals surface area contributed by atoms with Gasteiger partial charge in [0.15, 0.2) is 8.32 Å². The maximum Gasteiger partial charge on any atom is 0.330 e. The minimum atomic E-state index is -2.09. The highest BCUT2D eigenvalue weighted by atomic mass is 28.4. The van der Waals surface area contributed by atoms with Gasteiger partial charge in [0.1, 0.15) is 18.9 Å². The van der Waals surface area contributed by atoms with Crippen molar-refractivity contribution >= 4 is 14.3 Å². The summed E-state index contributed by atoms with van der Waals surface area (Å²) in [6.07, 6.45) is 0.471. The lowest BCUT2D eigenvalue weighted by Crippen LogP contribution is -2.46. The first-order valence-electron chi connectivity index (χ1n) is 8.69. The van der Waals surface area contributed by atoms with Crippen LogP contribution in [0.15, 0.2) is 21.9 Å². The summed E-state index contributed by atoms with van der Waals surface area (Å²) in [5, 5.41) is 0.00584. The molecule has 1 fully saturated rings. The Kier molecular flexibility index (Phi) is 5.94. The molecule has 1 aromatic heterocycles. The molecule has 2 rings (SSSR count). The number of rotatable bonds is 5. The number of ether oxygens (including phenoxy) is 2. The zero-order valence-electron chi connectivity index (χ0n) is 16.2. The van der Waals surface area contributed by atoms with E-state index in [1.54, 1.807) is 0 Å². The first kappa shape index (κ1) is 20.6. The van der Waals surface area contributed by atoms with Crippen LogP contribution in [0, 0.1) is 0 Å². The van der Waals surface area contributed by atoms with Crippen molar-refractivity contribution in [2.24, 2.45) is 0 Å². The molecule has 2 heterocycles. The molecule has 0 bridgehead atoms. The van der Waals surface area contributed by atoms with E-state index >= 15 is 0 Å². The van der Waals surface area contributed by atoms with Gasteiger partial charge in [-0.3, -0.25) is 19.1 Å². The van der Waals surface area contributed by atoms with Crippen LogP contribution in [0.4, 0.5) is 0 Å². The van der Waals surface area contributed by atoms with E-state index in [2.05, 4.69) is 38.8 Å². The van der Waals surface area contributed by atoms with Crippen molar-refractivity contribution in [3.8, 4) is 0 Å². The van der Waals surface area contributed by atoms with E-state index in [-0.39, 0.29) is 17.7 Å². The zero-order chi connectivity index (χ0) is 19.7. The van der Waals surface area contributed by atoms with E-state index in [9.17, 15) is 14.4 Å². The summed E-state index contributed by atoms with van der Waals surface area (Å²) in [5.74, 6) is -0.399. The largest absolute Gasteiger partial charge is 0.463 e. The second kappa shape index (κ2) is 7.49. The van der Waals surface area contributed by atoms with Crippen LogP contribution in [0.1, 0.15) is 40.3 Å². The lowest BCUT2D eigenvalue weighted by atomic mass is 10.2. The maximum absolute atomic E-state index is 12.1. The molecule has 0 spiro atoms. The molecule has 9 heteroatoms. The molecule has 0 amide bonds. The molecular formula is C17H28N2O6Si. The topological polar surface area (TPSA) is 99.6 Å². The second-order valence-corrected chi connectivity index (χ2v) is 12.9. The van der Waals surface area contributed by atoms with E-state index in [1.165, 1.54) is 23.8 Å². The number of H-pyrrole nitrogens is 1. The standard InChI is InChI=1S/C17H28N2O6Si/c1-11(20)23-10-13-12(25-26(5,6)17(2,3)4)9-15(24-13)19-8-7-14(21)18-16(19)22/h7-8,12-13,15H,9-10H2,1-6H3,(H,18,21,22)/t12?,13-,15-/m1/s1. The quantitative estimate of drug-likeness (QED) is 0.614. The summed E-state index contributed by atoms with van der Waals surface area (Å²) < 4.78 is 18.9. The van der Waals surface area contributed by atoms with E-state index < -0.39 is 37.9 Å². The van der Waals surface area contributed by atoms with Gasteiger partial charge in [0.05, 0.1) is 6.10 Å². The smallest absolute Gasteiger partial charge is 0.330 e. The molecule has 1 saturated heterocycles. The van der Waals surface area contributed by atoms with Gasteiger partial charge in [-0.2, -0.15) is 0 Å². The van der Waals surface area contributed by atoms with Gasteiger partial charge in [-0.25, -0.2) is 4.79 Å². The number of esters is 1. The third-order valence-corrected chi connectivity index (χ3v) is 9.55. The lowest BCUT2D eigenvalue weighted by Gasteiger charge is -2.39. The van der Waals surface area contributed by atoms with Crippen LogP contribution in [0.2, 0.25) is 18.1 Å². The highest BCUT2D eigenvalue weighted by Gasteiger charge is 2.45. The van der Waals surface area contributed by atoms with Crippen LogP contribution in [0.25, 0.3) is 0 Å². The summed E-state index contributed by atoms with van der Waals surface area (Å²) in [4.78, 5) is 36.7. The van der Waals surface area contributed by atoms with Gasteiger partial charge in [-0.15, -0.1) is 0 Å². The molecule has 1 aliphatic heterocycles. The van der Waals surface area contributed by atoms with Gasteiger partial charge < -0.3 is 13.9 Å². The number of hydrogen-bond acceptors (Lipinski definition) is 6. The van der Waals surface area contributed by atoms with E-state index in [1.807, 2.05) is 0 Å². The first-order valence-corrected chi connectivity index (χ1v) is 11.6. The number of hydrogen-bond donors (Lipinski definition) is 1. The Hall–Kier alpha value is -1.71. The average Bonchev–Trinajstić information content (AvgIpc) is 2.85. The summed E-state index contributed by atoms with van der Waals surface area (Å²) in [6.45, 7) is 12.1. The van der Waals surface area contributed by atoms with Gasteiger partial charge in [-0.05, 0) is 18.1 Å². The second-order valence-electron chi connectivity index (χ2n) is 8.10. The third kappa shape index (κ3) is 4.71. The van der Waals surface area contributed by atoms with Crippen LogP contribution in [0.5, 0.6) is 0 Å². The molecule has 0 radical (unpaired) electrons. The Bertz CT molecular complexity index is 763. The van der Waals surface area contributed by atoms with Gasteiger partial charge in [-0.1, -0.05) is 20.8 Å². The fourth-order valence-corrected chi connectivity index (χ4v) is 3.91. The van der Waals surface area contributed by atoms with Gasteiger partial charge in [0, 0.05) is 25.6 Å². The predicted molar refractivity (Wildman–Crippen MR) is 98.6 cm³/mol. The molecule has 1 N–H and O–H groups in total. The number of aromatic amines is 1. The van der Waals surface area contributed by atoms with Crippen LogP contribution < -0.4 is 11.2 Å². The van der Waals surface area contributed by atoms with Crippen LogP contribution in [-0.2, 0) is 18.7 Å². The lowest BCUT2D eigenvalue weighted by molar-refractivity contribution is -0.147. The van der Waals surface area contributed by atoms with Crippen molar-refractivity contribution in [3.63, 3.8) is 0 Å².